The Kier molecular flexibility index (Phi) is 9.08. The normalized spacial score (nSPS) is 15.4. The van der Waals surface area contributed by atoms with Gasteiger partial charge >= 0.3 is 6.09 Å². The fourth-order valence-electron chi connectivity index (χ4n) is 4.27. The summed E-state index contributed by atoms with van der Waals surface area (Å²) in [5.74, 6) is -0.0837. The Labute approximate surface area is 224 Å². The number of nitrogens with zero attached hydrogens (tertiary/aromatic N) is 4. The highest BCUT2D eigenvalue weighted by Gasteiger charge is 2.31. The maximum absolute atomic E-state index is 13.4. The van der Waals surface area contributed by atoms with Gasteiger partial charge in [-0.1, -0.05) is 36.7 Å². The number of benzene rings is 2. The number of halogens is 1. The van der Waals surface area contributed by atoms with Crippen LogP contribution < -0.4 is 4.90 Å². The third-order valence-electron chi connectivity index (χ3n) is 6.26. The Morgan fingerprint density at radius 3 is 2.47 bits per heavy atom. The van der Waals surface area contributed by atoms with Crippen LogP contribution in [0.5, 0.6) is 0 Å². The van der Waals surface area contributed by atoms with E-state index in [1.165, 1.54) is 0 Å². The van der Waals surface area contributed by atoms with Crippen LogP contribution in [0.1, 0.15) is 30.6 Å². The summed E-state index contributed by atoms with van der Waals surface area (Å²) in [5.41, 5.74) is 4.03. The van der Waals surface area contributed by atoms with Gasteiger partial charge in [0, 0.05) is 62.0 Å². The molecule has 2 amide bonds. The number of carbonyl (C=O) groups excluding carboxylic acids is 2. The topological polar surface area (TPSA) is 66.0 Å². The van der Waals surface area contributed by atoms with Crippen molar-refractivity contribution in [2.45, 2.75) is 26.3 Å². The van der Waals surface area contributed by atoms with E-state index in [0.717, 1.165) is 28.8 Å². The molecule has 1 saturated heterocycles. The third-order valence-corrected chi connectivity index (χ3v) is 6.57. The minimum atomic E-state index is -0.318. The molecule has 0 unspecified atom stereocenters. The van der Waals surface area contributed by atoms with Crippen LogP contribution in [0.15, 0.2) is 48.5 Å². The minimum absolute atomic E-state index is 0. The van der Waals surface area contributed by atoms with Gasteiger partial charge < -0.3 is 19.4 Å². The Bertz CT molecular complexity index is 1240. The molecule has 0 saturated carbocycles. The molecular formula is C27H33ClN4O3S. The number of hydrogen-bond acceptors (Lipinski definition) is 5. The lowest BCUT2D eigenvalue weighted by atomic mass is 10.1. The monoisotopic (exact) mass is 528 g/mol. The quantitative estimate of drug-likeness (QED) is 0.442. The van der Waals surface area contributed by atoms with Crippen molar-refractivity contribution in [3.8, 4) is 11.3 Å². The second-order valence-corrected chi connectivity index (χ2v) is 9.48. The Morgan fingerprint density at radius 1 is 1.11 bits per heavy atom. The summed E-state index contributed by atoms with van der Waals surface area (Å²) >= 11 is 6.59. The number of piperazine rings is 1. The molecular weight excluding hydrogens is 496 g/mol. The van der Waals surface area contributed by atoms with Gasteiger partial charge in [0.2, 0.25) is 0 Å². The number of hydrogen-bond donors (Lipinski definition) is 0. The molecule has 0 radical (unpaired) electrons. The molecule has 36 heavy (non-hydrogen) atoms. The van der Waals surface area contributed by atoms with E-state index in [1.54, 1.807) is 21.9 Å². The van der Waals surface area contributed by atoms with Crippen LogP contribution in [-0.4, -0.2) is 73.2 Å². The number of carbonyl (C=O) groups is 2. The minimum Gasteiger partial charge on any atom is -0.449 e. The molecule has 2 heterocycles. The maximum atomic E-state index is 13.4. The van der Waals surface area contributed by atoms with Crippen molar-refractivity contribution in [3.63, 3.8) is 0 Å². The number of amides is 2. The molecule has 1 aromatic heterocycles. The summed E-state index contributed by atoms with van der Waals surface area (Å²) in [7, 11) is 4.00. The first-order valence-electron chi connectivity index (χ1n) is 11.9. The number of rotatable bonds is 5. The van der Waals surface area contributed by atoms with Crippen LogP contribution in [-0.2, 0) is 4.74 Å². The van der Waals surface area contributed by atoms with Crippen LogP contribution in [0.3, 0.4) is 0 Å². The molecule has 0 bridgehead atoms. The van der Waals surface area contributed by atoms with Crippen LogP contribution in [0.2, 0.25) is 5.02 Å². The van der Waals surface area contributed by atoms with E-state index in [0.29, 0.717) is 42.3 Å². The number of pyridine rings is 1. The number of fused-ring (bicyclic) bond motifs is 1. The van der Waals surface area contributed by atoms with E-state index >= 15 is 0 Å². The second-order valence-electron chi connectivity index (χ2n) is 9.07. The average molecular weight is 529 g/mol. The zero-order chi connectivity index (χ0) is 25.1. The first kappa shape index (κ1) is 27.6. The highest BCUT2D eigenvalue weighted by molar-refractivity contribution is 7.59. The Hall–Kier alpha value is -2.97. The molecule has 3 aromatic rings. The summed E-state index contributed by atoms with van der Waals surface area (Å²) in [6, 6.07) is 15.3. The molecule has 1 aliphatic rings. The zero-order valence-corrected chi connectivity index (χ0v) is 22.9. The smallest absolute Gasteiger partial charge is 0.409 e. The number of anilines is 1. The van der Waals surface area contributed by atoms with Crippen LogP contribution in [0.4, 0.5) is 10.5 Å². The molecule has 1 atom stereocenters. The van der Waals surface area contributed by atoms with Crippen molar-refractivity contribution in [1.29, 1.82) is 0 Å². The van der Waals surface area contributed by atoms with Crippen molar-refractivity contribution >= 4 is 53.7 Å². The van der Waals surface area contributed by atoms with Gasteiger partial charge in [-0.15, -0.1) is 0 Å². The van der Waals surface area contributed by atoms with Crippen molar-refractivity contribution in [3.05, 3.63) is 59.1 Å². The van der Waals surface area contributed by atoms with Crippen molar-refractivity contribution in [2.75, 3.05) is 45.2 Å². The highest BCUT2D eigenvalue weighted by Crippen LogP contribution is 2.30. The lowest BCUT2D eigenvalue weighted by Crippen LogP contribution is -2.55. The van der Waals surface area contributed by atoms with E-state index in [4.69, 9.17) is 21.3 Å². The first-order chi connectivity index (χ1) is 16.8. The molecule has 9 heteroatoms. The van der Waals surface area contributed by atoms with E-state index in [2.05, 4.69) is 0 Å². The molecule has 1 aliphatic heterocycles. The molecule has 7 nitrogen and oxygen atoms in total. The van der Waals surface area contributed by atoms with Crippen molar-refractivity contribution < 1.29 is 14.3 Å². The van der Waals surface area contributed by atoms with Crippen LogP contribution >= 0.6 is 25.1 Å². The standard InChI is InChI=1S/C27H31ClN4O3.H2S/c1-5-14-35-27(34)31-12-13-32(18(2)17-31)26(33)20-8-11-22-23(28)16-24(29-25(22)15-20)19-6-9-21(10-7-19)30(3)4;/h6-11,15-16,18H,5,12-14,17H2,1-4H3;1H2/t18-;/m0./s1. The fourth-order valence-corrected chi connectivity index (χ4v) is 4.53. The van der Waals surface area contributed by atoms with Gasteiger partial charge in [0.1, 0.15) is 0 Å². The molecule has 192 valence electrons. The predicted molar refractivity (Wildman–Crippen MR) is 151 cm³/mol. The first-order valence-corrected chi connectivity index (χ1v) is 12.3. The maximum Gasteiger partial charge on any atom is 0.409 e. The van der Waals surface area contributed by atoms with Gasteiger partial charge in [0.15, 0.2) is 0 Å². The summed E-state index contributed by atoms with van der Waals surface area (Å²) in [6.07, 6.45) is 0.463. The summed E-state index contributed by atoms with van der Waals surface area (Å²) in [4.78, 5) is 35.9. The molecule has 0 spiro atoms. The molecule has 0 aliphatic carbocycles. The largest absolute Gasteiger partial charge is 0.449 e. The van der Waals surface area contributed by atoms with E-state index in [1.807, 2.05) is 69.2 Å². The fraction of sp³-hybridized carbons (Fsp3) is 0.370. The Morgan fingerprint density at radius 2 is 1.83 bits per heavy atom. The summed E-state index contributed by atoms with van der Waals surface area (Å²) < 4.78 is 5.24. The lowest BCUT2D eigenvalue weighted by molar-refractivity contribution is 0.0414. The van der Waals surface area contributed by atoms with Gasteiger partial charge in [-0.3, -0.25) is 4.79 Å². The van der Waals surface area contributed by atoms with Gasteiger partial charge in [0.25, 0.3) is 5.91 Å². The lowest BCUT2D eigenvalue weighted by Gasteiger charge is -2.39. The van der Waals surface area contributed by atoms with Gasteiger partial charge in [-0.2, -0.15) is 13.5 Å². The SMILES string of the molecule is CCCOC(=O)N1CCN(C(=O)c2ccc3c(Cl)cc(-c4ccc(N(C)C)cc4)nc3c2)[C@@H](C)C1.S. The Balaban J connectivity index is 0.00000361. The highest BCUT2D eigenvalue weighted by atomic mass is 35.5. The van der Waals surface area contributed by atoms with Crippen LogP contribution in [0, 0.1) is 0 Å². The molecule has 4 rings (SSSR count). The summed E-state index contributed by atoms with van der Waals surface area (Å²) in [5, 5.41) is 1.39. The van der Waals surface area contributed by atoms with E-state index in [9.17, 15) is 9.59 Å². The van der Waals surface area contributed by atoms with Gasteiger partial charge in [0.05, 0.1) is 22.8 Å². The number of ether oxygens (including phenoxy) is 1. The van der Waals surface area contributed by atoms with Crippen LogP contribution in [0.25, 0.3) is 22.2 Å². The van der Waals surface area contributed by atoms with Crippen molar-refractivity contribution in [1.82, 2.24) is 14.8 Å². The predicted octanol–water partition coefficient (Wildman–Crippen LogP) is 5.43. The molecule has 1 fully saturated rings. The molecule has 0 N–H and O–H groups in total. The van der Waals surface area contributed by atoms with E-state index < -0.39 is 0 Å². The van der Waals surface area contributed by atoms with Gasteiger partial charge in [-0.25, -0.2) is 9.78 Å². The second kappa shape index (κ2) is 11.8. The number of aromatic nitrogens is 1. The summed E-state index contributed by atoms with van der Waals surface area (Å²) in [6.45, 7) is 5.65. The van der Waals surface area contributed by atoms with E-state index in [-0.39, 0.29) is 31.5 Å². The van der Waals surface area contributed by atoms with Gasteiger partial charge in [-0.05, 0) is 43.7 Å². The van der Waals surface area contributed by atoms with Crippen molar-refractivity contribution in [2.24, 2.45) is 0 Å². The third kappa shape index (κ3) is 5.87. The molecule has 2 aromatic carbocycles. The zero-order valence-electron chi connectivity index (χ0n) is 21.1. The average Bonchev–Trinajstić information content (AvgIpc) is 2.86.